The number of hydrogen-bond acceptors (Lipinski definition) is 6. The van der Waals surface area contributed by atoms with Gasteiger partial charge in [0, 0.05) is 5.56 Å². The summed E-state index contributed by atoms with van der Waals surface area (Å²) in [7, 11) is 0. The Labute approximate surface area is 172 Å². The first-order valence-corrected chi connectivity index (χ1v) is 9.36. The van der Waals surface area contributed by atoms with Crippen LogP contribution in [0.25, 0.3) is 0 Å². The summed E-state index contributed by atoms with van der Waals surface area (Å²) in [6, 6.07) is 6.77. The van der Waals surface area contributed by atoms with Gasteiger partial charge in [0.2, 0.25) is 5.91 Å². The number of carbonyl (C=O) groups is 2. The van der Waals surface area contributed by atoms with Crippen LogP contribution in [0.2, 0.25) is 0 Å². The van der Waals surface area contributed by atoms with E-state index in [9.17, 15) is 22.8 Å². The summed E-state index contributed by atoms with van der Waals surface area (Å²) in [6.07, 6.45) is 0.884. The van der Waals surface area contributed by atoms with Crippen LogP contribution in [0.15, 0.2) is 46.6 Å². The molecule has 7 nitrogen and oxygen atoms in total. The fourth-order valence-corrected chi connectivity index (χ4v) is 3.33. The standard InChI is InChI=1S/C19H14F3N3O4S/c20-12-2-3-13(21)11(6-12)9-29-15-4-1-10(5-14(15)22)8-23-25-19-24-18(28)16(30-19)7-17(26)27/h1-6,8,16H,7,9H2,(H,26,27)(H,24,25,28). The van der Waals surface area contributed by atoms with E-state index in [4.69, 9.17) is 9.84 Å². The fourth-order valence-electron chi connectivity index (χ4n) is 2.42. The summed E-state index contributed by atoms with van der Waals surface area (Å²) < 4.78 is 46.1. The Morgan fingerprint density at radius 3 is 2.73 bits per heavy atom. The molecule has 1 heterocycles. The molecule has 2 aromatic rings. The van der Waals surface area contributed by atoms with E-state index in [1.807, 2.05) is 0 Å². The fraction of sp³-hybridized carbons (Fsp3) is 0.158. The highest BCUT2D eigenvalue weighted by Gasteiger charge is 2.32. The zero-order valence-corrected chi connectivity index (χ0v) is 16.0. The van der Waals surface area contributed by atoms with Gasteiger partial charge in [-0.2, -0.15) is 5.10 Å². The molecule has 1 fully saturated rings. The molecule has 1 aliphatic heterocycles. The summed E-state index contributed by atoms with van der Waals surface area (Å²) in [5.41, 5.74) is 0.283. The molecule has 30 heavy (non-hydrogen) atoms. The zero-order valence-electron chi connectivity index (χ0n) is 15.1. The third kappa shape index (κ3) is 5.60. The summed E-state index contributed by atoms with van der Waals surface area (Å²) in [6.45, 7) is -0.351. The molecule has 0 aliphatic carbocycles. The minimum absolute atomic E-state index is 0.0480. The van der Waals surface area contributed by atoms with Crippen molar-refractivity contribution in [1.82, 2.24) is 5.32 Å². The second-order valence-corrected chi connectivity index (χ2v) is 7.25. The Balaban J connectivity index is 1.60. The number of amidine groups is 1. The van der Waals surface area contributed by atoms with Crippen LogP contribution in [0, 0.1) is 17.5 Å². The number of carboxylic acids is 1. The van der Waals surface area contributed by atoms with E-state index in [2.05, 4.69) is 15.5 Å². The Morgan fingerprint density at radius 2 is 2.00 bits per heavy atom. The Morgan fingerprint density at radius 1 is 1.20 bits per heavy atom. The van der Waals surface area contributed by atoms with Crippen molar-refractivity contribution in [1.29, 1.82) is 0 Å². The van der Waals surface area contributed by atoms with Crippen LogP contribution in [0.4, 0.5) is 13.2 Å². The van der Waals surface area contributed by atoms with Gasteiger partial charge in [0.05, 0.1) is 12.6 Å². The number of nitrogens with one attached hydrogen (secondary N) is 1. The lowest BCUT2D eigenvalue weighted by atomic mass is 10.2. The Kier molecular flexibility index (Phi) is 6.72. The highest BCUT2D eigenvalue weighted by molar-refractivity contribution is 8.15. The Bertz CT molecular complexity index is 1050. The molecule has 1 atom stereocenters. The first kappa shape index (κ1) is 21.4. The number of hydrogen-bond donors (Lipinski definition) is 2. The van der Waals surface area contributed by atoms with Crippen molar-refractivity contribution < 1.29 is 32.6 Å². The molecule has 1 unspecified atom stereocenters. The molecule has 0 saturated carbocycles. The van der Waals surface area contributed by atoms with E-state index in [-0.39, 0.29) is 29.5 Å². The normalized spacial score (nSPS) is 17.5. The number of rotatable bonds is 7. The summed E-state index contributed by atoms with van der Waals surface area (Å²) in [5, 5.41) is 18.0. The van der Waals surface area contributed by atoms with Crippen molar-refractivity contribution in [3.8, 4) is 5.75 Å². The second-order valence-electron chi connectivity index (χ2n) is 6.06. The number of amides is 1. The first-order valence-electron chi connectivity index (χ1n) is 8.48. The lowest BCUT2D eigenvalue weighted by Crippen LogP contribution is -2.26. The summed E-state index contributed by atoms with van der Waals surface area (Å²) in [5.74, 6) is -3.77. The third-order valence-corrected chi connectivity index (χ3v) is 4.91. The maximum absolute atomic E-state index is 14.2. The molecule has 2 N–H and O–H groups in total. The van der Waals surface area contributed by atoms with Gasteiger partial charge in [-0.25, -0.2) is 13.2 Å². The molecule has 1 aliphatic rings. The van der Waals surface area contributed by atoms with E-state index in [0.717, 1.165) is 36.0 Å². The van der Waals surface area contributed by atoms with Crippen LogP contribution in [0.1, 0.15) is 17.5 Å². The van der Waals surface area contributed by atoms with Gasteiger partial charge in [-0.3, -0.25) is 9.59 Å². The highest BCUT2D eigenvalue weighted by Crippen LogP contribution is 2.23. The second kappa shape index (κ2) is 9.44. The van der Waals surface area contributed by atoms with Gasteiger partial charge < -0.3 is 15.2 Å². The van der Waals surface area contributed by atoms with Crippen molar-refractivity contribution in [3.05, 3.63) is 65.0 Å². The molecule has 11 heteroatoms. The Hall–Kier alpha value is -3.34. The van der Waals surface area contributed by atoms with Gasteiger partial charge in [-0.05, 0) is 42.0 Å². The maximum Gasteiger partial charge on any atom is 0.305 e. The molecule has 1 amide bonds. The quantitative estimate of drug-likeness (QED) is 0.512. The number of thioether (sulfide) groups is 1. The zero-order chi connectivity index (χ0) is 21.7. The van der Waals surface area contributed by atoms with Gasteiger partial charge in [0.15, 0.2) is 16.7 Å². The minimum atomic E-state index is -1.11. The molecule has 0 bridgehead atoms. The molecule has 1 saturated heterocycles. The van der Waals surface area contributed by atoms with Crippen LogP contribution >= 0.6 is 11.8 Å². The van der Waals surface area contributed by atoms with Crippen molar-refractivity contribution in [2.45, 2.75) is 18.3 Å². The number of aliphatic carboxylic acids is 1. The topological polar surface area (TPSA) is 100 Å². The van der Waals surface area contributed by atoms with Gasteiger partial charge in [0.25, 0.3) is 0 Å². The molecule has 0 radical (unpaired) electrons. The van der Waals surface area contributed by atoms with Crippen molar-refractivity contribution in [2.75, 3.05) is 0 Å². The molecule has 156 valence electrons. The SMILES string of the molecule is O=C(O)CC1SC(=NN=Cc2ccc(OCc3cc(F)ccc3F)c(F)c2)NC1=O. The van der Waals surface area contributed by atoms with E-state index in [0.29, 0.717) is 5.56 Å². The van der Waals surface area contributed by atoms with Crippen LogP contribution in [0.3, 0.4) is 0 Å². The maximum atomic E-state index is 14.2. The van der Waals surface area contributed by atoms with Crippen molar-refractivity contribution in [3.63, 3.8) is 0 Å². The number of carboxylic acid groups (broad SMARTS) is 1. The average molecular weight is 437 g/mol. The molecule has 2 aromatic carbocycles. The minimum Gasteiger partial charge on any atom is -0.486 e. The van der Waals surface area contributed by atoms with Gasteiger partial charge in [-0.1, -0.05) is 11.8 Å². The average Bonchev–Trinajstić information content (AvgIpc) is 3.02. The molecule has 3 rings (SSSR count). The van der Waals surface area contributed by atoms with E-state index >= 15 is 0 Å². The predicted octanol–water partition coefficient (Wildman–Crippen LogP) is 3.08. The molecule has 0 spiro atoms. The largest absolute Gasteiger partial charge is 0.486 e. The molecule has 0 aromatic heterocycles. The van der Waals surface area contributed by atoms with E-state index in [1.165, 1.54) is 18.3 Å². The number of nitrogens with zero attached hydrogens (tertiary/aromatic N) is 2. The number of halogens is 3. The predicted molar refractivity (Wildman–Crippen MR) is 104 cm³/mol. The number of carbonyl (C=O) groups excluding carboxylic acids is 1. The molecular weight excluding hydrogens is 423 g/mol. The van der Waals surface area contributed by atoms with Crippen LogP contribution in [0.5, 0.6) is 5.75 Å². The monoisotopic (exact) mass is 437 g/mol. The lowest BCUT2D eigenvalue weighted by molar-refractivity contribution is -0.138. The van der Waals surface area contributed by atoms with E-state index < -0.39 is 34.6 Å². The van der Waals surface area contributed by atoms with Crippen LogP contribution in [-0.2, 0) is 16.2 Å². The third-order valence-electron chi connectivity index (χ3n) is 3.84. The summed E-state index contributed by atoms with van der Waals surface area (Å²) in [4.78, 5) is 22.3. The number of benzene rings is 2. The number of ether oxygens (including phenoxy) is 1. The van der Waals surface area contributed by atoms with Gasteiger partial charge in [-0.15, -0.1) is 5.10 Å². The van der Waals surface area contributed by atoms with Crippen LogP contribution in [-0.4, -0.2) is 33.6 Å². The molecular formula is C19H14F3N3O4S. The van der Waals surface area contributed by atoms with Gasteiger partial charge >= 0.3 is 5.97 Å². The van der Waals surface area contributed by atoms with Crippen LogP contribution < -0.4 is 10.1 Å². The van der Waals surface area contributed by atoms with E-state index in [1.54, 1.807) is 0 Å². The van der Waals surface area contributed by atoms with Gasteiger partial charge in [0.1, 0.15) is 23.5 Å². The summed E-state index contributed by atoms with van der Waals surface area (Å²) >= 11 is 0.938. The first-order chi connectivity index (χ1) is 14.3. The smallest absolute Gasteiger partial charge is 0.305 e. The van der Waals surface area contributed by atoms with Crippen molar-refractivity contribution in [2.24, 2.45) is 10.2 Å². The highest BCUT2D eigenvalue weighted by atomic mass is 32.2. The van der Waals surface area contributed by atoms with Crippen molar-refractivity contribution >= 4 is 35.0 Å². The lowest BCUT2D eigenvalue weighted by Gasteiger charge is -2.08.